The van der Waals surface area contributed by atoms with Crippen molar-refractivity contribution in [1.82, 2.24) is 0 Å². The van der Waals surface area contributed by atoms with Gasteiger partial charge < -0.3 is 5.32 Å². The second-order valence-corrected chi connectivity index (χ2v) is 3.13. The molecule has 0 fully saturated rings. The molecule has 4 heteroatoms. The Balaban J connectivity index is 0.000000531. The number of hydrogen-bond acceptors (Lipinski definition) is 3. The number of rotatable bonds is 1. The molecule has 0 atom stereocenters. The first kappa shape index (κ1) is 11.5. The van der Waals surface area contributed by atoms with Crippen LogP contribution in [0.15, 0.2) is 18.2 Å². The molecule has 0 radical (unpaired) electrons. The average molecular weight is 208 g/mol. The third-order valence-corrected chi connectivity index (χ3v) is 2.24. The monoisotopic (exact) mass is 208 g/mol. The summed E-state index contributed by atoms with van der Waals surface area (Å²) >= 11 is 0. The fourth-order valence-electron chi connectivity index (χ4n) is 1.56. The SMILES string of the molecule is CC.O=[N+]([O-])c1ccc2c(c1)NCCC2. The van der Waals surface area contributed by atoms with Crippen molar-refractivity contribution in [3.8, 4) is 0 Å². The fourth-order valence-corrected chi connectivity index (χ4v) is 1.56. The van der Waals surface area contributed by atoms with Crippen LogP contribution >= 0.6 is 0 Å². The van der Waals surface area contributed by atoms with Gasteiger partial charge in [-0.05, 0) is 18.4 Å². The van der Waals surface area contributed by atoms with Gasteiger partial charge in [-0.3, -0.25) is 10.1 Å². The zero-order chi connectivity index (χ0) is 11.3. The summed E-state index contributed by atoms with van der Waals surface area (Å²) < 4.78 is 0. The zero-order valence-electron chi connectivity index (χ0n) is 9.12. The number of non-ortho nitro benzene ring substituents is 1. The van der Waals surface area contributed by atoms with E-state index in [2.05, 4.69) is 5.32 Å². The van der Waals surface area contributed by atoms with Crippen molar-refractivity contribution in [3.05, 3.63) is 33.9 Å². The second kappa shape index (κ2) is 5.34. The van der Waals surface area contributed by atoms with Gasteiger partial charge in [0.05, 0.1) is 4.92 Å². The van der Waals surface area contributed by atoms with Crippen LogP contribution in [0, 0.1) is 10.1 Å². The maximum atomic E-state index is 10.5. The lowest BCUT2D eigenvalue weighted by atomic mass is 10.0. The Morgan fingerprint density at radius 2 is 2.13 bits per heavy atom. The topological polar surface area (TPSA) is 55.2 Å². The van der Waals surface area contributed by atoms with Crippen molar-refractivity contribution in [1.29, 1.82) is 0 Å². The van der Waals surface area contributed by atoms with E-state index in [9.17, 15) is 10.1 Å². The third kappa shape index (κ3) is 2.68. The van der Waals surface area contributed by atoms with E-state index in [1.54, 1.807) is 12.1 Å². The van der Waals surface area contributed by atoms with Crippen molar-refractivity contribution < 1.29 is 4.92 Å². The average Bonchev–Trinajstić information content (AvgIpc) is 2.31. The van der Waals surface area contributed by atoms with Gasteiger partial charge in [-0.2, -0.15) is 0 Å². The number of aryl methyl sites for hydroxylation is 1. The van der Waals surface area contributed by atoms with Gasteiger partial charge in [0.2, 0.25) is 0 Å². The standard InChI is InChI=1S/C9H10N2O2.C2H6/c12-11(13)8-4-3-7-2-1-5-10-9(7)6-8;1-2/h3-4,6,10H,1-2,5H2;1-2H3. The van der Waals surface area contributed by atoms with Gasteiger partial charge in [0.25, 0.3) is 5.69 Å². The quantitative estimate of drug-likeness (QED) is 0.570. The van der Waals surface area contributed by atoms with Crippen molar-refractivity contribution in [2.24, 2.45) is 0 Å². The molecule has 1 aliphatic heterocycles. The summed E-state index contributed by atoms with van der Waals surface area (Å²) in [5.74, 6) is 0. The van der Waals surface area contributed by atoms with Gasteiger partial charge in [0.1, 0.15) is 0 Å². The molecule has 0 amide bonds. The predicted molar refractivity (Wildman–Crippen MR) is 61.3 cm³/mol. The molecule has 1 heterocycles. The van der Waals surface area contributed by atoms with E-state index in [4.69, 9.17) is 0 Å². The first-order valence-electron chi connectivity index (χ1n) is 5.28. The number of fused-ring (bicyclic) bond motifs is 1. The van der Waals surface area contributed by atoms with E-state index in [1.807, 2.05) is 19.9 Å². The maximum absolute atomic E-state index is 10.5. The molecule has 1 N–H and O–H groups in total. The summed E-state index contributed by atoms with van der Waals surface area (Å²) in [5.41, 5.74) is 2.26. The molecule has 2 rings (SSSR count). The molecule has 0 aliphatic carbocycles. The normalized spacial score (nSPS) is 12.9. The molecule has 0 saturated heterocycles. The van der Waals surface area contributed by atoms with Crippen molar-refractivity contribution in [2.75, 3.05) is 11.9 Å². The van der Waals surface area contributed by atoms with Crippen LogP contribution in [0.4, 0.5) is 11.4 Å². The van der Waals surface area contributed by atoms with Crippen molar-refractivity contribution in [2.45, 2.75) is 26.7 Å². The fraction of sp³-hybridized carbons (Fsp3) is 0.455. The van der Waals surface area contributed by atoms with Crippen LogP contribution in [0.25, 0.3) is 0 Å². The van der Waals surface area contributed by atoms with Crippen LogP contribution in [-0.4, -0.2) is 11.5 Å². The molecule has 0 aromatic heterocycles. The summed E-state index contributed by atoms with van der Waals surface area (Å²) in [6.45, 7) is 4.91. The van der Waals surface area contributed by atoms with Gasteiger partial charge in [-0.1, -0.05) is 19.9 Å². The Morgan fingerprint density at radius 3 is 2.80 bits per heavy atom. The molecular weight excluding hydrogens is 192 g/mol. The highest BCUT2D eigenvalue weighted by Gasteiger charge is 2.12. The van der Waals surface area contributed by atoms with E-state index < -0.39 is 0 Å². The lowest BCUT2D eigenvalue weighted by Crippen LogP contribution is -2.11. The Morgan fingerprint density at radius 1 is 1.40 bits per heavy atom. The molecule has 4 nitrogen and oxygen atoms in total. The molecule has 0 bridgehead atoms. The first-order chi connectivity index (χ1) is 7.27. The van der Waals surface area contributed by atoms with Gasteiger partial charge >= 0.3 is 0 Å². The number of hydrogen-bond donors (Lipinski definition) is 1. The Bertz CT molecular complexity index is 350. The highest BCUT2D eigenvalue weighted by Crippen LogP contribution is 2.26. The first-order valence-corrected chi connectivity index (χ1v) is 5.28. The number of nitro benzene ring substituents is 1. The van der Waals surface area contributed by atoms with E-state index in [-0.39, 0.29) is 10.6 Å². The molecule has 1 aromatic rings. The Kier molecular flexibility index (Phi) is 4.09. The Hall–Kier alpha value is -1.58. The summed E-state index contributed by atoms with van der Waals surface area (Å²) in [7, 11) is 0. The number of anilines is 1. The minimum Gasteiger partial charge on any atom is -0.385 e. The predicted octanol–water partition coefficient (Wildman–Crippen LogP) is 2.98. The summed E-state index contributed by atoms with van der Waals surface area (Å²) in [6, 6.07) is 5.00. The number of nitro groups is 1. The van der Waals surface area contributed by atoms with E-state index in [0.29, 0.717) is 0 Å². The highest BCUT2D eigenvalue weighted by molar-refractivity contribution is 5.58. The number of nitrogens with one attached hydrogen (secondary N) is 1. The van der Waals surface area contributed by atoms with Gasteiger partial charge in [0.15, 0.2) is 0 Å². The summed E-state index contributed by atoms with van der Waals surface area (Å²) in [4.78, 5) is 10.1. The highest BCUT2D eigenvalue weighted by atomic mass is 16.6. The van der Waals surface area contributed by atoms with Gasteiger partial charge in [-0.25, -0.2) is 0 Å². The summed E-state index contributed by atoms with van der Waals surface area (Å²) in [6.07, 6.45) is 2.12. The Labute approximate surface area is 89.5 Å². The molecule has 1 aromatic carbocycles. The van der Waals surface area contributed by atoms with Crippen LogP contribution in [0.5, 0.6) is 0 Å². The second-order valence-electron chi connectivity index (χ2n) is 3.13. The molecule has 0 saturated carbocycles. The molecule has 0 spiro atoms. The largest absolute Gasteiger partial charge is 0.385 e. The molecular formula is C11H16N2O2. The van der Waals surface area contributed by atoms with Crippen LogP contribution in [0.3, 0.4) is 0 Å². The molecule has 82 valence electrons. The molecule has 1 aliphatic rings. The minimum atomic E-state index is -0.365. The number of benzene rings is 1. The smallest absolute Gasteiger partial charge is 0.271 e. The van der Waals surface area contributed by atoms with E-state index in [0.717, 1.165) is 25.1 Å². The minimum absolute atomic E-state index is 0.160. The van der Waals surface area contributed by atoms with Crippen LogP contribution in [0.2, 0.25) is 0 Å². The third-order valence-electron chi connectivity index (χ3n) is 2.24. The molecule has 0 unspecified atom stereocenters. The summed E-state index contributed by atoms with van der Waals surface area (Å²) in [5, 5.41) is 13.6. The van der Waals surface area contributed by atoms with Gasteiger partial charge in [-0.15, -0.1) is 0 Å². The van der Waals surface area contributed by atoms with E-state index >= 15 is 0 Å². The van der Waals surface area contributed by atoms with Gasteiger partial charge in [0, 0.05) is 24.4 Å². The van der Waals surface area contributed by atoms with Crippen LogP contribution < -0.4 is 5.32 Å². The maximum Gasteiger partial charge on any atom is 0.271 e. The van der Waals surface area contributed by atoms with E-state index in [1.165, 1.54) is 5.56 Å². The number of nitrogens with zero attached hydrogens (tertiary/aromatic N) is 1. The lowest BCUT2D eigenvalue weighted by molar-refractivity contribution is -0.384. The lowest BCUT2D eigenvalue weighted by Gasteiger charge is -2.16. The molecule has 15 heavy (non-hydrogen) atoms. The van der Waals surface area contributed by atoms with Crippen molar-refractivity contribution in [3.63, 3.8) is 0 Å². The zero-order valence-corrected chi connectivity index (χ0v) is 9.12. The van der Waals surface area contributed by atoms with Crippen LogP contribution in [0.1, 0.15) is 25.8 Å². The van der Waals surface area contributed by atoms with Crippen molar-refractivity contribution >= 4 is 11.4 Å². The van der Waals surface area contributed by atoms with Crippen LogP contribution in [-0.2, 0) is 6.42 Å².